The number of hydrogen-bond acceptors (Lipinski definition) is 5. The van der Waals surface area contributed by atoms with Crippen molar-refractivity contribution in [1.29, 1.82) is 0 Å². The van der Waals surface area contributed by atoms with E-state index in [0.29, 0.717) is 17.1 Å². The summed E-state index contributed by atoms with van der Waals surface area (Å²) < 4.78 is 16.4. The minimum atomic E-state index is -0.913. The van der Waals surface area contributed by atoms with E-state index in [4.69, 9.17) is 14.2 Å². The van der Waals surface area contributed by atoms with Crippen molar-refractivity contribution in [2.24, 2.45) is 0 Å². The second-order valence-corrected chi connectivity index (χ2v) is 7.73. The van der Waals surface area contributed by atoms with E-state index in [1.54, 1.807) is 25.1 Å². The summed E-state index contributed by atoms with van der Waals surface area (Å²) in [4.78, 5) is 25.2. The Hall–Kier alpha value is -3.02. The van der Waals surface area contributed by atoms with Crippen LogP contribution in [0.1, 0.15) is 61.1 Å². The van der Waals surface area contributed by atoms with Crippen LogP contribution in [0.3, 0.4) is 0 Å². The average Bonchev–Trinajstić information content (AvgIpc) is 2.73. The van der Waals surface area contributed by atoms with Crippen molar-refractivity contribution in [2.75, 3.05) is 7.11 Å². The number of methoxy groups -OCH3 is 1. The summed E-state index contributed by atoms with van der Waals surface area (Å²) in [5, 5.41) is 3.02. The first-order chi connectivity index (χ1) is 14.4. The molecule has 0 radical (unpaired) electrons. The summed E-state index contributed by atoms with van der Waals surface area (Å²) in [5.41, 5.74) is 2.70. The van der Waals surface area contributed by atoms with Gasteiger partial charge in [-0.05, 0) is 69.4 Å². The van der Waals surface area contributed by atoms with Crippen LogP contribution in [0, 0.1) is 0 Å². The van der Waals surface area contributed by atoms with E-state index in [-0.39, 0.29) is 18.1 Å². The molecule has 0 aliphatic heterocycles. The predicted molar refractivity (Wildman–Crippen MR) is 114 cm³/mol. The molecule has 0 aromatic heterocycles. The van der Waals surface area contributed by atoms with Gasteiger partial charge in [0.25, 0.3) is 5.91 Å². The highest BCUT2D eigenvalue weighted by Gasteiger charge is 2.26. The molecule has 0 bridgehead atoms. The lowest BCUT2D eigenvalue weighted by atomic mass is 9.87. The molecule has 160 valence electrons. The van der Waals surface area contributed by atoms with Gasteiger partial charge in [0.05, 0.1) is 24.8 Å². The Labute approximate surface area is 177 Å². The smallest absolute Gasteiger partial charge is 0.339 e. The molecular formula is C24H29NO5. The van der Waals surface area contributed by atoms with Crippen molar-refractivity contribution >= 4 is 11.9 Å². The second-order valence-electron chi connectivity index (χ2n) is 7.73. The van der Waals surface area contributed by atoms with Crippen LogP contribution < -0.4 is 14.8 Å². The van der Waals surface area contributed by atoms with Gasteiger partial charge in [-0.1, -0.05) is 24.3 Å². The maximum Gasteiger partial charge on any atom is 0.339 e. The Kier molecular flexibility index (Phi) is 6.98. The Balaban J connectivity index is 1.64. The van der Waals surface area contributed by atoms with Gasteiger partial charge in [0.15, 0.2) is 17.6 Å². The van der Waals surface area contributed by atoms with Crippen LogP contribution in [0.2, 0.25) is 0 Å². The molecule has 0 saturated heterocycles. The highest BCUT2D eigenvalue weighted by atomic mass is 16.5. The first kappa shape index (κ1) is 21.7. The molecule has 2 unspecified atom stereocenters. The first-order valence-electron chi connectivity index (χ1n) is 10.3. The third kappa shape index (κ3) is 5.12. The van der Waals surface area contributed by atoms with E-state index < -0.39 is 12.1 Å². The van der Waals surface area contributed by atoms with E-state index in [1.165, 1.54) is 12.7 Å². The number of benzene rings is 2. The van der Waals surface area contributed by atoms with Gasteiger partial charge < -0.3 is 19.5 Å². The van der Waals surface area contributed by atoms with Crippen molar-refractivity contribution in [3.8, 4) is 11.5 Å². The summed E-state index contributed by atoms with van der Waals surface area (Å²) >= 11 is 0. The number of carbonyl (C=O) groups is 2. The van der Waals surface area contributed by atoms with E-state index in [1.807, 2.05) is 32.0 Å². The fourth-order valence-electron chi connectivity index (χ4n) is 3.62. The molecule has 30 heavy (non-hydrogen) atoms. The molecule has 2 aromatic rings. The van der Waals surface area contributed by atoms with Gasteiger partial charge in [0, 0.05) is 0 Å². The molecule has 1 N–H and O–H groups in total. The Morgan fingerprint density at radius 2 is 1.83 bits per heavy atom. The fraction of sp³-hybridized carbons (Fsp3) is 0.417. The molecule has 0 fully saturated rings. The van der Waals surface area contributed by atoms with Crippen LogP contribution in [-0.2, 0) is 16.0 Å². The Bertz CT molecular complexity index is 908. The van der Waals surface area contributed by atoms with Crippen molar-refractivity contribution < 1.29 is 23.8 Å². The maximum atomic E-state index is 12.7. The van der Waals surface area contributed by atoms with Crippen LogP contribution in [0.4, 0.5) is 0 Å². The topological polar surface area (TPSA) is 73.9 Å². The third-order valence-electron chi connectivity index (χ3n) is 5.10. The lowest BCUT2D eigenvalue weighted by molar-refractivity contribution is -0.130. The fourth-order valence-corrected chi connectivity index (χ4v) is 3.62. The van der Waals surface area contributed by atoms with Crippen LogP contribution in [-0.4, -0.2) is 31.2 Å². The second kappa shape index (κ2) is 9.65. The van der Waals surface area contributed by atoms with Gasteiger partial charge >= 0.3 is 5.97 Å². The minimum Gasteiger partial charge on any atom is -0.493 e. The average molecular weight is 411 g/mol. The molecule has 6 nitrogen and oxygen atoms in total. The first-order valence-corrected chi connectivity index (χ1v) is 10.3. The van der Waals surface area contributed by atoms with Crippen molar-refractivity contribution in [1.82, 2.24) is 5.32 Å². The summed E-state index contributed by atoms with van der Waals surface area (Å²) in [5.74, 6) is 0.0905. The molecule has 1 aliphatic rings. The summed E-state index contributed by atoms with van der Waals surface area (Å²) in [6.45, 7) is 5.40. The molecular weight excluding hydrogens is 382 g/mol. The monoisotopic (exact) mass is 411 g/mol. The van der Waals surface area contributed by atoms with Gasteiger partial charge in [-0.25, -0.2) is 4.79 Å². The van der Waals surface area contributed by atoms with Crippen LogP contribution in [0.5, 0.6) is 11.5 Å². The summed E-state index contributed by atoms with van der Waals surface area (Å²) in [6, 6.07) is 12.9. The molecule has 3 rings (SSSR count). The van der Waals surface area contributed by atoms with E-state index in [9.17, 15) is 9.59 Å². The quantitative estimate of drug-likeness (QED) is 0.691. The number of esters is 1. The van der Waals surface area contributed by atoms with Gasteiger partial charge in [-0.2, -0.15) is 0 Å². The number of rotatable bonds is 7. The van der Waals surface area contributed by atoms with Crippen LogP contribution in [0.15, 0.2) is 42.5 Å². The lowest BCUT2D eigenvalue weighted by Crippen LogP contribution is -2.39. The number of carbonyl (C=O) groups excluding carboxylic acids is 2. The maximum absolute atomic E-state index is 12.7. The molecule has 0 heterocycles. The zero-order valence-electron chi connectivity index (χ0n) is 17.9. The van der Waals surface area contributed by atoms with Gasteiger partial charge in [0.1, 0.15) is 0 Å². The minimum absolute atomic E-state index is 0.0228. The SMILES string of the molecule is COc1cc(C(=O)OC(C)C(=O)NC2CCCc3ccccc32)ccc1OC(C)C. The number of ether oxygens (including phenoxy) is 3. The summed E-state index contributed by atoms with van der Waals surface area (Å²) in [7, 11) is 1.51. The van der Waals surface area contributed by atoms with Crippen molar-refractivity contribution in [3.63, 3.8) is 0 Å². The van der Waals surface area contributed by atoms with E-state index in [0.717, 1.165) is 24.8 Å². The number of aryl methyl sites for hydroxylation is 1. The molecule has 1 aliphatic carbocycles. The molecule has 1 amide bonds. The lowest BCUT2D eigenvalue weighted by Gasteiger charge is -2.27. The van der Waals surface area contributed by atoms with Gasteiger partial charge in [0.2, 0.25) is 0 Å². The van der Waals surface area contributed by atoms with Gasteiger partial charge in [-0.3, -0.25) is 4.79 Å². The van der Waals surface area contributed by atoms with E-state index >= 15 is 0 Å². The largest absolute Gasteiger partial charge is 0.493 e. The zero-order valence-corrected chi connectivity index (χ0v) is 17.9. The molecule has 2 atom stereocenters. The van der Waals surface area contributed by atoms with Crippen LogP contribution >= 0.6 is 0 Å². The predicted octanol–water partition coefficient (Wildman–Crippen LogP) is 4.22. The van der Waals surface area contributed by atoms with Crippen molar-refractivity contribution in [3.05, 3.63) is 59.2 Å². The highest BCUT2D eigenvalue weighted by molar-refractivity contribution is 5.93. The molecule has 0 spiro atoms. The molecule has 6 heteroatoms. The number of fused-ring (bicyclic) bond motifs is 1. The molecule has 2 aromatic carbocycles. The van der Waals surface area contributed by atoms with E-state index in [2.05, 4.69) is 11.4 Å². The Morgan fingerprint density at radius 3 is 2.57 bits per heavy atom. The third-order valence-corrected chi connectivity index (χ3v) is 5.10. The number of hydrogen-bond donors (Lipinski definition) is 1. The summed E-state index contributed by atoms with van der Waals surface area (Å²) in [6.07, 6.45) is 1.97. The normalized spacial score (nSPS) is 16.4. The van der Waals surface area contributed by atoms with Crippen molar-refractivity contribution in [2.45, 2.75) is 58.3 Å². The van der Waals surface area contributed by atoms with Crippen LogP contribution in [0.25, 0.3) is 0 Å². The zero-order chi connectivity index (χ0) is 21.7. The molecule has 0 saturated carbocycles. The standard InChI is InChI=1S/C24H29NO5/c1-15(2)29-21-13-12-18(14-22(21)28-4)24(27)30-16(3)23(26)25-20-11-7-9-17-8-5-6-10-19(17)20/h5-6,8,10,12-16,20H,7,9,11H2,1-4H3,(H,25,26). The number of amides is 1. The van der Waals surface area contributed by atoms with Gasteiger partial charge in [-0.15, -0.1) is 0 Å². The highest BCUT2D eigenvalue weighted by Crippen LogP contribution is 2.30. The number of nitrogens with one attached hydrogen (secondary N) is 1. The Morgan fingerprint density at radius 1 is 1.07 bits per heavy atom.